The molecule has 3 aliphatic heterocycles. The summed E-state index contributed by atoms with van der Waals surface area (Å²) in [6.45, 7) is -2.70. The van der Waals surface area contributed by atoms with Crippen molar-refractivity contribution in [3.63, 3.8) is 0 Å². The molecule has 0 radical (unpaired) electrons. The molecule has 69 heavy (non-hydrogen) atoms. The summed E-state index contributed by atoms with van der Waals surface area (Å²) < 4.78 is 56.5. The highest BCUT2D eigenvalue weighted by atomic mass is 16.8. The van der Waals surface area contributed by atoms with Gasteiger partial charge in [0, 0.05) is 23.8 Å². The molecule has 7 rings (SSSR count). The van der Waals surface area contributed by atoms with Gasteiger partial charge in [-0.3, -0.25) is 4.79 Å². The average Bonchev–Trinajstić information content (AvgIpc) is 3.33. The maximum atomic E-state index is 14.2. The molecular formula is C44H50O25. The van der Waals surface area contributed by atoms with Crippen LogP contribution in [-0.4, -0.2) is 199 Å². The van der Waals surface area contributed by atoms with E-state index in [1.165, 1.54) is 56.7 Å². The van der Waals surface area contributed by atoms with Crippen molar-refractivity contribution in [2.45, 2.75) is 92.1 Å². The minimum absolute atomic E-state index is 0.00391. The van der Waals surface area contributed by atoms with Gasteiger partial charge in [-0.1, -0.05) is 0 Å². The van der Waals surface area contributed by atoms with Crippen LogP contribution in [0.4, 0.5) is 0 Å². The van der Waals surface area contributed by atoms with Crippen molar-refractivity contribution >= 4 is 23.0 Å². The van der Waals surface area contributed by atoms with Gasteiger partial charge in [0.1, 0.15) is 102 Å². The SMILES string of the molecule is COc1cc(/C=C/C(=O)OC[C@H]2O[C@@H](O[C@H]3[C@H](Oc4c(-c5ccc(O)cc5)oc5cc(O)cc(O)c5c4=O)O[C@@H](CO)[C@H](O)[C@@H]3O)[C@H](O)[C@H](O)[C@@H]2O[C@@H]2O[C@H](CO)[C@@H](O)[C@@H](O)[C@H]2O)cc(OC)c1O. The number of carbonyl (C=O) groups is 1. The minimum atomic E-state index is -2.24. The van der Waals surface area contributed by atoms with Crippen LogP contribution < -0.4 is 19.6 Å². The molecule has 3 aliphatic rings. The zero-order valence-electron chi connectivity index (χ0n) is 36.3. The number of benzene rings is 3. The van der Waals surface area contributed by atoms with E-state index in [4.69, 9.17) is 47.0 Å². The van der Waals surface area contributed by atoms with Crippen LogP contribution in [0.2, 0.25) is 0 Å². The molecule has 0 spiro atoms. The molecule has 3 saturated heterocycles. The molecular weight excluding hydrogens is 928 g/mol. The number of hydrogen-bond donors (Lipinski definition) is 13. The monoisotopic (exact) mass is 978 g/mol. The Hall–Kier alpha value is -5.88. The fourth-order valence-electron chi connectivity index (χ4n) is 7.79. The van der Waals surface area contributed by atoms with Crippen LogP contribution in [0.5, 0.6) is 40.2 Å². The normalized spacial score (nSPS) is 31.7. The van der Waals surface area contributed by atoms with Crippen LogP contribution in [-0.2, 0) is 33.2 Å². The molecule has 25 heteroatoms. The lowest BCUT2D eigenvalue weighted by Gasteiger charge is -2.48. The Morgan fingerprint density at radius 2 is 1.20 bits per heavy atom. The number of ether oxygens (including phenoxy) is 9. The van der Waals surface area contributed by atoms with Crippen LogP contribution >= 0.6 is 0 Å². The van der Waals surface area contributed by atoms with Crippen LogP contribution in [0.25, 0.3) is 28.4 Å². The maximum Gasteiger partial charge on any atom is 0.330 e. The van der Waals surface area contributed by atoms with E-state index in [9.17, 15) is 76.0 Å². The molecule has 13 N–H and O–H groups in total. The van der Waals surface area contributed by atoms with Crippen molar-refractivity contribution in [2.24, 2.45) is 0 Å². The molecule has 4 heterocycles. The zero-order chi connectivity index (χ0) is 50.0. The molecule has 4 aromatic rings. The fourth-order valence-corrected chi connectivity index (χ4v) is 7.79. The molecule has 0 bridgehead atoms. The van der Waals surface area contributed by atoms with Gasteiger partial charge in [0.05, 0.1) is 27.4 Å². The van der Waals surface area contributed by atoms with Crippen LogP contribution in [0.3, 0.4) is 0 Å². The summed E-state index contributed by atoms with van der Waals surface area (Å²) in [7, 11) is 2.57. The highest BCUT2D eigenvalue weighted by Crippen LogP contribution is 2.40. The van der Waals surface area contributed by atoms with Crippen molar-refractivity contribution in [3.05, 3.63) is 70.4 Å². The Bertz CT molecular complexity index is 2490. The van der Waals surface area contributed by atoms with Crippen molar-refractivity contribution in [3.8, 4) is 51.6 Å². The summed E-state index contributed by atoms with van der Waals surface area (Å²) in [6.07, 6.45) is -27.1. The summed E-state index contributed by atoms with van der Waals surface area (Å²) in [4.78, 5) is 27.3. The molecule has 0 aliphatic carbocycles. The van der Waals surface area contributed by atoms with Crippen LogP contribution in [0.15, 0.2) is 63.8 Å². The predicted molar refractivity (Wildman–Crippen MR) is 227 cm³/mol. The first-order chi connectivity index (χ1) is 32.9. The van der Waals surface area contributed by atoms with E-state index in [1.807, 2.05) is 0 Å². The van der Waals surface area contributed by atoms with E-state index >= 15 is 0 Å². The van der Waals surface area contributed by atoms with Crippen molar-refractivity contribution < 1.29 is 118 Å². The van der Waals surface area contributed by atoms with Crippen molar-refractivity contribution in [1.29, 1.82) is 0 Å². The van der Waals surface area contributed by atoms with Gasteiger partial charge in [-0.15, -0.1) is 0 Å². The number of rotatable bonds is 15. The maximum absolute atomic E-state index is 14.2. The molecule has 0 amide bonds. The highest BCUT2D eigenvalue weighted by molar-refractivity contribution is 5.88. The average molecular weight is 979 g/mol. The molecule has 3 fully saturated rings. The first kappa shape index (κ1) is 51.0. The number of esters is 1. The second-order valence-electron chi connectivity index (χ2n) is 16.0. The standard InChI is InChI=1S/C44H50O25/c1-60-22-9-16(10-23(61-2)29(22)51)3-8-27(50)62-15-26-39(67-42-36(58)33(55)30(52)24(13-45)64-42)35(57)37(59)43(66-26)69-41-34(56)31(53)25(14-46)65-44(41)68-40-32(54)28-20(49)11-19(48)12-21(28)63-38(40)17-4-6-18(47)7-5-17/h3-12,24-26,30-31,33-37,39,41-49,51-53,55-59H,13-15H2,1-2H3/b8-3+/t24-,25+,26-,30-,31+,33-,34+,35+,36-,37-,39-,41-,42+,43+,44+/m1/s1. The summed E-state index contributed by atoms with van der Waals surface area (Å²) in [5.74, 6) is -3.93. The number of methoxy groups -OCH3 is 2. The van der Waals surface area contributed by atoms with Gasteiger partial charge in [-0.05, 0) is 48.0 Å². The number of carbonyl (C=O) groups excluding carboxylic acids is 1. The summed E-state index contributed by atoms with van der Waals surface area (Å²) >= 11 is 0. The Labute approximate surface area is 388 Å². The zero-order valence-corrected chi connectivity index (χ0v) is 36.3. The van der Waals surface area contributed by atoms with E-state index in [1.54, 1.807) is 0 Å². The number of aromatic hydroxyl groups is 4. The fraction of sp³-hybridized carbons (Fsp3) is 0.455. The number of aliphatic hydroxyl groups is 9. The lowest BCUT2D eigenvalue weighted by atomic mass is 9.96. The summed E-state index contributed by atoms with van der Waals surface area (Å²) in [6, 6.07) is 9.66. The minimum Gasteiger partial charge on any atom is -0.508 e. The summed E-state index contributed by atoms with van der Waals surface area (Å²) in [5.41, 5.74) is -1.04. The lowest BCUT2D eigenvalue weighted by molar-refractivity contribution is -0.379. The Kier molecular flexibility index (Phi) is 15.8. The number of phenols is 4. The van der Waals surface area contributed by atoms with Gasteiger partial charge in [-0.2, -0.15) is 0 Å². The van der Waals surface area contributed by atoms with Crippen molar-refractivity contribution in [1.82, 2.24) is 0 Å². The first-order valence-electron chi connectivity index (χ1n) is 20.9. The molecule has 1 aromatic heterocycles. The first-order valence-corrected chi connectivity index (χ1v) is 20.9. The van der Waals surface area contributed by atoms with Crippen LogP contribution in [0.1, 0.15) is 5.56 Å². The third kappa shape index (κ3) is 10.5. The smallest absolute Gasteiger partial charge is 0.330 e. The van der Waals surface area contributed by atoms with E-state index in [0.717, 1.165) is 18.2 Å². The number of fused-ring (bicyclic) bond motifs is 1. The van der Waals surface area contributed by atoms with E-state index in [2.05, 4.69) is 0 Å². The van der Waals surface area contributed by atoms with E-state index in [0.29, 0.717) is 5.56 Å². The van der Waals surface area contributed by atoms with Gasteiger partial charge in [0.15, 0.2) is 35.9 Å². The second kappa shape index (κ2) is 21.4. The summed E-state index contributed by atoms with van der Waals surface area (Å²) in [5, 5.41) is 138. The van der Waals surface area contributed by atoms with Crippen LogP contribution in [0, 0.1) is 0 Å². The molecule has 0 unspecified atom stereocenters. The van der Waals surface area contributed by atoms with Gasteiger partial charge in [-0.25, -0.2) is 4.79 Å². The number of phenolic OH excluding ortho intramolecular Hbond substituents is 4. The molecule has 15 atom stereocenters. The van der Waals surface area contributed by atoms with E-state index < -0.39 is 152 Å². The largest absolute Gasteiger partial charge is 0.508 e. The Morgan fingerprint density at radius 1 is 0.652 bits per heavy atom. The third-order valence-electron chi connectivity index (χ3n) is 11.5. The van der Waals surface area contributed by atoms with Gasteiger partial charge in [0.2, 0.25) is 23.2 Å². The molecule has 3 aromatic carbocycles. The van der Waals surface area contributed by atoms with Gasteiger partial charge in [0.25, 0.3) is 0 Å². The lowest BCUT2D eigenvalue weighted by Crippen LogP contribution is -2.67. The quantitative estimate of drug-likeness (QED) is 0.0429. The predicted octanol–water partition coefficient (Wildman–Crippen LogP) is -2.61. The number of aliphatic hydroxyl groups excluding tert-OH is 9. The highest BCUT2D eigenvalue weighted by Gasteiger charge is 2.54. The molecule has 0 saturated carbocycles. The topological polar surface area (TPSA) is 393 Å². The van der Waals surface area contributed by atoms with Gasteiger partial charge < -0.3 is 113 Å². The van der Waals surface area contributed by atoms with Gasteiger partial charge >= 0.3 is 5.97 Å². The van der Waals surface area contributed by atoms with E-state index in [-0.39, 0.29) is 34.1 Å². The second-order valence-corrected chi connectivity index (χ2v) is 16.0. The molecule has 376 valence electrons. The third-order valence-corrected chi connectivity index (χ3v) is 11.5. The number of hydrogen-bond acceptors (Lipinski definition) is 25. The van der Waals surface area contributed by atoms with Crippen molar-refractivity contribution in [2.75, 3.05) is 34.0 Å². The Morgan fingerprint density at radius 3 is 1.81 bits per heavy atom. The Balaban J connectivity index is 1.21. The molecule has 25 nitrogen and oxygen atoms in total.